The van der Waals surface area contributed by atoms with E-state index < -0.39 is 5.97 Å². The molecule has 2 rings (SSSR count). The van der Waals surface area contributed by atoms with Crippen LogP contribution >= 0.6 is 0 Å². The molecule has 1 aromatic carbocycles. The van der Waals surface area contributed by atoms with Gasteiger partial charge in [0.05, 0.1) is 6.54 Å². The van der Waals surface area contributed by atoms with E-state index in [1.165, 1.54) is 0 Å². The number of carbonyl (C=O) groups is 1. The molecule has 2 aromatic rings. The van der Waals surface area contributed by atoms with Gasteiger partial charge < -0.3 is 10.4 Å². The van der Waals surface area contributed by atoms with Crippen molar-refractivity contribution in [2.24, 2.45) is 0 Å². The van der Waals surface area contributed by atoms with Crippen LogP contribution in [-0.4, -0.2) is 27.6 Å². The van der Waals surface area contributed by atoms with Crippen molar-refractivity contribution in [3.8, 4) is 11.4 Å². The van der Waals surface area contributed by atoms with Gasteiger partial charge in [-0.3, -0.25) is 4.79 Å². The summed E-state index contributed by atoms with van der Waals surface area (Å²) in [6, 6.07) is 9.69. The highest BCUT2D eigenvalue weighted by Gasteiger charge is 2.01. The average molecular weight is 243 g/mol. The fourth-order valence-corrected chi connectivity index (χ4v) is 1.50. The first-order chi connectivity index (χ1) is 8.75. The molecule has 5 heteroatoms. The second kappa shape index (κ2) is 5.88. The molecule has 0 aliphatic rings. The molecule has 18 heavy (non-hydrogen) atoms. The third kappa shape index (κ3) is 3.36. The lowest BCUT2D eigenvalue weighted by Gasteiger charge is -2.03. The Morgan fingerprint density at radius 2 is 1.83 bits per heavy atom. The zero-order valence-corrected chi connectivity index (χ0v) is 9.71. The van der Waals surface area contributed by atoms with Crippen LogP contribution in [0.1, 0.15) is 5.56 Å². The van der Waals surface area contributed by atoms with E-state index in [0.29, 0.717) is 12.4 Å². The van der Waals surface area contributed by atoms with Crippen molar-refractivity contribution in [3.63, 3.8) is 0 Å². The lowest BCUT2D eigenvalue weighted by Crippen LogP contribution is -2.22. The van der Waals surface area contributed by atoms with E-state index in [-0.39, 0.29) is 6.54 Å². The first-order valence-corrected chi connectivity index (χ1v) is 5.54. The number of hydrogen-bond donors (Lipinski definition) is 2. The van der Waals surface area contributed by atoms with Gasteiger partial charge in [0.25, 0.3) is 0 Å². The van der Waals surface area contributed by atoms with Crippen LogP contribution < -0.4 is 5.32 Å². The second-order valence-electron chi connectivity index (χ2n) is 3.78. The van der Waals surface area contributed by atoms with Crippen molar-refractivity contribution < 1.29 is 9.90 Å². The summed E-state index contributed by atoms with van der Waals surface area (Å²) in [5, 5.41) is 11.3. The highest BCUT2D eigenvalue weighted by Crippen LogP contribution is 2.12. The van der Waals surface area contributed by atoms with Gasteiger partial charge in [-0.25, -0.2) is 9.97 Å². The van der Waals surface area contributed by atoms with Gasteiger partial charge in [-0.1, -0.05) is 30.3 Å². The molecule has 0 saturated carbocycles. The molecule has 0 spiro atoms. The fourth-order valence-electron chi connectivity index (χ4n) is 1.50. The molecule has 92 valence electrons. The number of benzene rings is 1. The van der Waals surface area contributed by atoms with E-state index in [2.05, 4.69) is 15.3 Å². The summed E-state index contributed by atoms with van der Waals surface area (Å²) >= 11 is 0. The highest BCUT2D eigenvalue weighted by molar-refractivity contribution is 5.69. The second-order valence-corrected chi connectivity index (χ2v) is 3.78. The van der Waals surface area contributed by atoms with Crippen molar-refractivity contribution in [1.82, 2.24) is 15.3 Å². The quantitative estimate of drug-likeness (QED) is 0.828. The molecule has 0 radical (unpaired) electrons. The van der Waals surface area contributed by atoms with Crippen LogP contribution in [0.15, 0.2) is 42.7 Å². The van der Waals surface area contributed by atoms with Crippen LogP contribution in [0.4, 0.5) is 0 Å². The first-order valence-electron chi connectivity index (χ1n) is 5.54. The molecule has 0 saturated heterocycles. The van der Waals surface area contributed by atoms with Crippen LogP contribution in [-0.2, 0) is 11.3 Å². The molecule has 5 nitrogen and oxygen atoms in total. The Bertz CT molecular complexity index is 512. The highest BCUT2D eigenvalue weighted by atomic mass is 16.4. The van der Waals surface area contributed by atoms with Gasteiger partial charge in [0.15, 0.2) is 5.82 Å². The lowest BCUT2D eigenvalue weighted by molar-refractivity contribution is -0.135. The summed E-state index contributed by atoms with van der Waals surface area (Å²) in [5.74, 6) is -0.214. The number of hydrogen-bond acceptors (Lipinski definition) is 4. The fraction of sp³-hybridized carbons (Fsp3) is 0.154. The van der Waals surface area contributed by atoms with Crippen LogP contribution in [0, 0.1) is 0 Å². The molecular formula is C13H13N3O2. The van der Waals surface area contributed by atoms with Gasteiger partial charge in [-0.15, -0.1) is 0 Å². The van der Waals surface area contributed by atoms with Crippen LogP contribution in [0.25, 0.3) is 11.4 Å². The van der Waals surface area contributed by atoms with Gasteiger partial charge >= 0.3 is 5.97 Å². The van der Waals surface area contributed by atoms with E-state index in [4.69, 9.17) is 5.11 Å². The lowest BCUT2D eigenvalue weighted by atomic mass is 10.2. The monoisotopic (exact) mass is 243 g/mol. The molecule has 0 aliphatic heterocycles. The van der Waals surface area contributed by atoms with Gasteiger partial charge in [-0.2, -0.15) is 0 Å². The smallest absolute Gasteiger partial charge is 0.317 e. The number of carboxylic acids is 1. The number of rotatable bonds is 5. The van der Waals surface area contributed by atoms with Crippen molar-refractivity contribution in [2.45, 2.75) is 6.54 Å². The standard InChI is InChI=1S/C13H13N3O2/c17-12(18)9-14-6-10-7-15-13(16-8-10)11-4-2-1-3-5-11/h1-5,7-8,14H,6,9H2,(H,17,18). The van der Waals surface area contributed by atoms with E-state index in [9.17, 15) is 4.79 Å². The largest absolute Gasteiger partial charge is 0.480 e. The van der Waals surface area contributed by atoms with Crippen molar-refractivity contribution in [3.05, 3.63) is 48.3 Å². The molecule has 0 atom stereocenters. The van der Waals surface area contributed by atoms with Crippen molar-refractivity contribution >= 4 is 5.97 Å². The molecule has 0 aliphatic carbocycles. The zero-order valence-electron chi connectivity index (χ0n) is 9.71. The van der Waals surface area contributed by atoms with Crippen molar-refractivity contribution in [1.29, 1.82) is 0 Å². The molecule has 1 heterocycles. The maximum Gasteiger partial charge on any atom is 0.317 e. The predicted octanol–water partition coefficient (Wildman–Crippen LogP) is 1.32. The minimum atomic E-state index is -0.878. The number of nitrogens with zero attached hydrogens (tertiary/aromatic N) is 2. The summed E-state index contributed by atoms with van der Waals surface area (Å²) in [6.45, 7) is 0.377. The normalized spacial score (nSPS) is 10.2. The minimum absolute atomic E-state index is 0.0690. The van der Waals surface area contributed by atoms with Gasteiger partial charge in [0, 0.05) is 30.1 Å². The number of aliphatic carboxylic acids is 1. The Morgan fingerprint density at radius 3 is 2.44 bits per heavy atom. The zero-order chi connectivity index (χ0) is 12.8. The van der Waals surface area contributed by atoms with Crippen LogP contribution in [0.2, 0.25) is 0 Å². The molecule has 1 aromatic heterocycles. The molecule has 0 bridgehead atoms. The van der Waals surface area contributed by atoms with E-state index in [1.807, 2.05) is 30.3 Å². The Labute approximate surface area is 105 Å². The topological polar surface area (TPSA) is 75.1 Å². The van der Waals surface area contributed by atoms with Crippen LogP contribution in [0.5, 0.6) is 0 Å². The number of nitrogens with one attached hydrogen (secondary N) is 1. The molecule has 2 N–H and O–H groups in total. The number of aromatic nitrogens is 2. The third-order valence-electron chi connectivity index (χ3n) is 2.34. The summed E-state index contributed by atoms with van der Waals surface area (Å²) in [6.07, 6.45) is 3.40. The first kappa shape index (κ1) is 12.2. The van der Waals surface area contributed by atoms with E-state index in [1.54, 1.807) is 12.4 Å². The van der Waals surface area contributed by atoms with E-state index >= 15 is 0 Å². The van der Waals surface area contributed by atoms with Gasteiger partial charge in [-0.05, 0) is 0 Å². The predicted molar refractivity (Wildman–Crippen MR) is 66.8 cm³/mol. The maximum absolute atomic E-state index is 10.3. The van der Waals surface area contributed by atoms with Gasteiger partial charge in [0.2, 0.25) is 0 Å². The average Bonchev–Trinajstić information content (AvgIpc) is 2.40. The summed E-state index contributed by atoms with van der Waals surface area (Å²) in [5.41, 5.74) is 1.82. The molecule has 0 fully saturated rings. The summed E-state index contributed by atoms with van der Waals surface area (Å²) in [7, 11) is 0. The maximum atomic E-state index is 10.3. The van der Waals surface area contributed by atoms with Crippen LogP contribution in [0.3, 0.4) is 0 Å². The molecular weight excluding hydrogens is 230 g/mol. The Balaban J connectivity index is 2.00. The Morgan fingerprint density at radius 1 is 1.17 bits per heavy atom. The summed E-state index contributed by atoms with van der Waals surface area (Å²) in [4.78, 5) is 18.8. The van der Waals surface area contributed by atoms with Gasteiger partial charge in [0.1, 0.15) is 0 Å². The Hall–Kier alpha value is -2.27. The Kier molecular flexibility index (Phi) is 3.98. The minimum Gasteiger partial charge on any atom is -0.480 e. The van der Waals surface area contributed by atoms with Crippen molar-refractivity contribution in [2.75, 3.05) is 6.54 Å². The number of carboxylic acid groups (broad SMARTS) is 1. The third-order valence-corrected chi connectivity index (χ3v) is 2.34. The molecule has 0 amide bonds. The molecule has 0 unspecified atom stereocenters. The van der Waals surface area contributed by atoms with E-state index in [0.717, 1.165) is 11.1 Å². The SMILES string of the molecule is O=C(O)CNCc1cnc(-c2ccccc2)nc1. The summed E-state index contributed by atoms with van der Waals surface area (Å²) < 4.78 is 0.